The normalized spacial score (nSPS) is 13.8. The van der Waals surface area contributed by atoms with Gasteiger partial charge in [0.15, 0.2) is 0 Å². The van der Waals surface area contributed by atoms with Gasteiger partial charge in [0.25, 0.3) is 0 Å². The average Bonchev–Trinajstić information content (AvgIpc) is 1.51. The molecule has 132 heavy (non-hydrogen) atoms. The summed E-state index contributed by atoms with van der Waals surface area (Å²) in [5, 5.41) is 0. The van der Waals surface area contributed by atoms with Gasteiger partial charge in [0, 0.05) is 50.1 Å². The summed E-state index contributed by atoms with van der Waals surface area (Å²) in [6, 6.07) is 179. The monoisotopic (exact) mass is 1680 g/mol. The molecule has 0 radical (unpaired) electrons. The minimum atomic E-state index is -0.641. The van der Waals surface area contributed by atoms with Gasteiger partial charge in [-0.2, -0.15) is 0 Å². The lowest BCUT2D eigenvalue weighted by Gasteiger charge is -2.35. The van der Waals surface area contributed by atoms with Crippen LogP contribution >= 0.6 is 0 Å². The third-order valence-corrected chi connectivity index (χ3v) is 29.4. The van der Waals surface area contributed by atoms with Crippen LogP contribution in [0.15, 0.2) is 473 Å². The van der Waals surface area contributed by atoms with Gasteiger partial charge in [-0.25, -0.2) is 0 Å². The van der Waals surface area contributed by atoms with Gasteiger partial charge in [-0.3, -0.25) is 0 Å². The molecule has 2 heteroatoms. The van der Waals surface area contributed by atoms with Crippen LogP contribution in [0.5, 0.6) is 0 Å². The van der Waals surface area contributed by atoms with Crippen LogP contribution in [-0.2, 0) is 21.7 Å². The maximum absolute atomic E-state index is 2.54. The lowest BCUT2D eigenvalue weighted by molar-refractivity contribution is 0.660. The summed E-state index contributed by atoms with van der Waals surface area (Å²) in [4.78, 5) is 5.07. The molecule has 0 saturated heterocycles. The fourth-order valence-corrected chi connectivity index (χ4v) is 22.9. The number of anilines is 6. The third kappa shape index (κ3) is 12.8. The van der Waals surface area contributed by atoms with Crippen LogP contribution in [0.1, 0.15) is 97.2 Å². The Labute approximate surface area is 775 Å². The molecule has 20 aromatic carbocycles. The van der Waals surface area contributed by atoms with Gasteiger partial charge in [-0.1, -0.05) is 418 Å². The van der Waals surface area contributed by atoms with E-state index in [1.54, 1.807) is 0 Å². The van der Waals surface area contributed by atoms with Crippen molar-refractivity contribution in [1.82, 2.24) is 0 Å². The first kappa shape index (κ1) is 79.4. The maximum Gasteiger partial charge on any atom is 0.0714 e. The first-order chi connectivity index (χ1) is 64.7. The zero-order valence-corrected chi connectivity index (χ0v) is 74.9. The molecular weight excluding hydrogens is 1590 g/mol. The van der Waals surface area contributed by atoms with Crippen molar-refractivity contribution in [2.24, 2.45) is 0 Å². The van der Waals surface area contributed by atoms with Crippen LogP contribution in [0.25, 0.3) is 145 Å². The van der Waals surface area contributed by atoms with Crippen LogP contribution in [0.2, 0.25) is 0 Å². The fraction of sp³-hybridized carbons (Fsp3) is 0.0769. The molecule has 0 N–H and O–H groups in total. The van der Waals surface area contributed by atoms with E-state index in [2.05, 4.69) is 525 Å². The first-order valence-corrected chi connectivity index (χ1v) is 46.4. The average molecular weight is 1690 g/mol. The molecular formula is C130H96N2. The highest BCUT2D eigenvalue weighted by Crippen LogP contribution is 2.61. The largest absolute Gasteiger partial charge is 0.310 e. The minimum Gasteiger partial charge on any atom is -0.310 e. The van der Waals surface area contributed by atoms with Crippen LogP contribution < -0.4 is 9.80 Å². The van der Waals surface area contributed by atoms with Gasteiger partial charge in [-0.05, 0) is 286 Å². The molecule has 0 heterocycles. The summed E-state index contributed by atoms with van der Waals surface area (Å²) in [5.41, 5.74) is 49.0. The van der Waals surface area contributed by atoms with Gasteiger partial charge in [0.1, 0.15) is 0 Å². The maximum atomic E-state index is 2.54. The SMILES string of the molecule is CC1(C)c2ccccc2-c2ccc(-c3ccc(N(c4ccc5c(c4)C(C)(C)c4ccccc4-5)c4cccc(-c5cc(-c6ccccc6)cc(-c6ccc(-c7cccc(N(c8ccc(-c9ccc%10c(c9)C(C)(C)c9ccccc9-%10)cc8)c8ccc9c(c8)C(c8ccccc8)(c8ccccc8)c8ccccc8-9)c7-c7ccccc7)cc6-c6ccccc6)c5)c4-c4ccccc4)cc3)cc21. The lowest BCUT2D eigenvalue weighted by Crippen LogP contribution is -2.28. The number of benzene rings is 20. The fourth-order valence-electron chi connectivity index (χ4n) is 22.9. The van der Waals surface area contributed by atoms with Crippen molar-refractivity contribution >= 4 is 34.1 Å². The Morgan fingerprint density at radius 2 is 0.432 bits per heavy atom. The zero-order valence-electron chi connectivity index (χ0n) is 74.9. The molecule has 0 fully saturated rings. The number of nitrogens with zero attached hydrogens (tertiary/aromatic N) is 2. The van der Waals surface area contributed by atoms with E-state index in [1.165, 1.54) is 117 Å². The Balaban J connectivity index is 0.685. The molecule has 0 unspecified atom stereocenters. The number of fused-ring (bicyclic) bond motifs is 12. The second-order valence-corrected chi connectivity index (χ2v) is 37.7. The first-order valence-electron chi connectivity index (χ1n) is 46.4. The van der Waals surface area contributed by atoms with Crippen molar-refractivity contribution in [3.8, 4) is 145 Å². The van der Waals surface area contributed by atoms with Crippen molar-refractivity contribution in [3.05, 3.63) is 529 Å². The minimum absolute atomic E-state index is 0.128. The van der Waals surface area contributed by atoms with E-state index in [9.17, 15) is 0 Å². The molecule has 4 aliphatic rings. The van der Waals surface area contributed by atoms with Gasteiger partial charge in [0.05, 0.1) is 16.8 Å². The van der Waals surface area contributed by atoms with E-state index in [0.29, 0.717) is 0 Å². The van der Waals surface area contributed by atoms with Gasteiger partial charge in [0.2, 0.25) is 0 Å². The second-order valence-electron chi connectivity index (χ2n) is 37.7. The van der Waals surface area contributed by atoms with E-state index in [0.717, 1.165) is 118 Å². The quantitative estimate of drug-likeness (QED) is 0.0896. The summed E-state index contributed by atoms with van der Waals surface area (Å²) in [7, 11) is 0. The standard InChI is InChI=1S/C130H96N2/c1-127(2)115-53-29-25-47-106(115)110-73-63-91(81-119(110)127)86-59-66-99(67-60-86)131(101-70-75-112-108-49-27-31-55-117(108)129(5,6)121(112)83-101)124-58-34-52-105(126(124)90-41-19-10-20-42-90)96-78-94(85-35-13-7-14-36-85)77-95(79-96)103-72-65-93(80-114(103)88-37-15-8-16-38-88)104-51-33-57-123(125(104)89-39-17-9-18-40-89)132(100-68-61-87(62-69-100)92-64-74-111-107-48-26-30-54-116(107)128(3,4)120(111)82-92)102-71-76-113-109-50-28-32-56-118(109)130(122(113)84-102,97-43-21-11-22-44-97)98-45-23-12-24-46-98/h7-84H,1-6H3. The van der Waals surface area contributed by atoms with Crippen molar-refractivity contribution in [3.63, 3.8) is 0 Å². The summed E-state index contributed by atoms with van der Waals surface area (Å²) in [5.74, 6) is 0. The Morgan fingerprint density at radius 3 is 0.879 bits per heavy atom. The molecule has 0 saturated carbocycles. The van der Waals surface area contributed by atoms with Gasteiger partial charge < -0.3 is 9.80 Å². The summed E-state index contributed by atoms with van der Waals surface area (Å²) >= 11 is 0. The highest BCUT2D eigenvalue weighted by molar-refractivity contribution is 6.04. The molecule has 0 amide bonds. The van der Waals surface area contributed by atoms with Crippen molar-refractivity contribution in [1.29, 1.82) is 0 Å². The third-order valence-electron chi connectivity index (χ3n) is 29.4. The van der Waals surface area contributed by atoms with Gasteiger partial charge >= 0.3 is 0 Å². The van der Waals surface area contributed by atoms with Crippen molar-refractivity contribution < 1.29 is 0 Å². The molecule has 4 aliphatic carbocycles. The summed E-state index contributed by atoms with van der Waals surface area (Å²) in [6.07, 6.45) is 0. The molecule has 626 valence electrons. The highest BCUT2D eigenvalue weighted by Gasteiger charge is 2.47. The summed E-state index contributed by atoms with van der Waals surface area (Å²) < 4.78 is 0. The predicted molar refractivity (Wildman–Crippen MR) is 555 cm³/mol. The number of hydrogen-bond acceptors (Lipinski definition) is 2. The van der Waals surface area contributed by atoms with Gasteiger partial charge in [-0.15, -0.1) is 0 Å². The molecule has 0 aliphatic heterocycles. The van der Waals surface area contributed by atoms with E-state index in [-0.39, 0.29) is 16.2 Å². The molecule has 0 aromatic heterocycles. The van der Waals surface area contributed by atoms with Crippen LogP contribution in [0.3, 0.4) is 0 Å². The van der Waals surface area contributed by atoms with E-state index >= 15 is 0 Å². The summed E-state index contributed by atoms with van der Waals surface area (Å²) in [6.45, 7) is 14.3. The molecule has 2 nitrogen and oxygen atoms in total. The number of rotatable bonds is 17. The Hall–Kier alpha value is -16.0. The molecule has 0 atom stereocenters. The van der Waals surface area contributed by atoms with Crippen molar-refractivity contribution in [2.45, 2.75) is 63.2 Å². The van der Waals surface area contributed by atoms with Crippen LogP contribution in [0, 0.1) is 0 Å². The molecule has 20 aromatic rings. The molecule has 0 bridgehead atoms. The van der Waals surface area contributed by atoms with Crippen molar-refractivity contribution in [2.75, 3.05) is 9.80 Å². The van der Waals surface area contributed by atoms with E-state index in [1.807, 2.05) is 0 Å². The number of hydrogen-bond donors (Lipinski definition) is 0. The predicted octanol–water partition coefficient (Wildman–Crippen LogP) is 34.9. The Bertz CT molecular complexity index is 7880. The zero-order chi connectivity index (χ0) is 88.6. The van der Waals surface area contributed by atoms with E-state index in [4.69, 9.17) is 0 Å². The highest BCUT2D eigenvalue weighted by atomic mass is 15.2. The second kappa shape index (κ2) is 31.4. The smallest absolute Gasteiger partial charge is 0.0714 e. The van der Waals surface area contributed by atoms with E-state index < -0.39 is 5.41 Å². The molecule has 0 spiro atoms. The Morgan fingerprint density at radius 1 is 0.144 bits per heavy atom. The van der Waals surface area contributed by atoms with Crippen LogP contribution in [0.4, 0.5) is 34.1 Å². The Kier molecular flexibility index (Phi) is 18.9. The van der Waals surface area contributed by atoms with Crippen LogP contribution in [-0.4, -0.2) is 0 Å². The molecule has 24 rings (SSSR count). The topological polar surface area (TPSA) is 6.48 Å². The lowest BCUT2D eigenvalue weighted by atomic mass is 9.67.